The Hall–Kier alpha value is -1.72. The van der Waals surface area contributed by atoms with E-state index in [-0.39, 0.29) is 5.91 Å². The van der Waals surface area contributed by atoms with Crippen molar-refractivity contribution in [1.82, 2.24) is 14.8 Å². The lowest BCUT2D eigenvalue weighted by molar-refractivity contribution is 0.0580. The van der Waals surface area contributed by atoms with Crippen LogP contribution in [0.4, 0.5) is 0 Å². The van der Waals surface area contributed by atoms with Crippen LogP contribution in [-0.4, -0.2) is 52.9 Å². The van der Waals surface area contributed by atoms with Crippen molar-refractivity contribution in [1.29, 1.82) is 0 Å². The summed E-state index contributed by atoms with van der Waals surface area (Å²) in [5, 5.41) is 3.93. The molecule has 1 fully saturated rings. The highest BCUT2D eigenvalue weighted by Crippen LogP contribution is 2.20. The molecule has 3 rings (SSSR count). The molecule has 5 heteroatoms. The Morgan fingerprint density at radius 3 is 2.79 bits per heavy atom. The lowest BCUT2D eigenvalue weighted by atomic mass is 10.0. The van der Waals surface area contributed by atoms with Crippen LogP contribution in [0, 0.1) is 0 Å². The van der Waals surface area contributed by atoms with E-state index in [0.717, 1.165) is 56.7 Å². The Labute approximate surface area is 148 Å². The van der Waals surface area contributed by atoms with Crippen molar-refractivity contribution < 1.29 is 4.79 Å². The summed E-state index contributed by atoms with van der Waals surface area (Å²) in [6.07, 6.45) is 4.75. The minimum Gasteiger partial charge on any atom is -0.335 e. The summed E-state index contributed by atoms with van der Waals surface area (Å²) in [5.74, 6) is 0.169. The van der Waals surface area contributed by atoms with Crippen molar-refractivity contribution in [2.75, 3.05) is 26.2 Å². The smallest absolute Gasteiger partial charge is 0.254 e. The maximum atomic E-state index is 13.0. The van der Waals surface area contributed by atoms with Gasteiger partial charge in [-0.1, -0.05) is 13.0 Å². The van der Waals surface area contributed by atoms with E-state index in [1.165, 1.54) is 0 Å². The molecule has 0 saturated carbocycles. The highest BCUT2D eigenvalue weighted by Gasteiger charge is 2.28. The van der Waals surface area contributed by atoms with Gasteiger partial charge < -0.3 is 9.80 Å². The second-order valence-corrected chi connectivity index (χ2v) is 7.03. The van der Waals surface area contributed by atoms with E-state index in [1.807, 2.05) is 41.2 Å². The van der Waals surface area contributed by atoms with Crippen LogP contribution in [0.2, 0.25) is 0 Å². The van der Waals surface area contributed by atoms with Gasteiger partial charge in [0.25, 0.3) is 5.91 Å². The highest BCUT2D eigenvalue weighted by molar-refractivity contribution is 7.08. The molecule has 0 aromatic carbocycles. The molecule has 2 aromatic heterocycles. The quantitative estimate of drug-likeness (QED) is 0.807. The van der Waals surface area contributed by atoms with Crippen molar-refractivity contribution in [2.24, 2.45) is 0 Å². The van der Waals surface area contributed by atoms with Gasteiger partial charge in [0.2, 0.25) is 0 Å². The van der Waals surface area contributed by atoms with Gasteiger partial charge in [0.1, 0.15) is 0 Å². The number of thiophene rings is 1. The fraction of sp³-hybridized carbons (Fsp3) is 0.474. The number of nitrogens with zero attached hydrogens (tertiary/aromatic N) is 3. The fourth-order valence-corrected chi connectivity index (χ4v) is 3.96. The van der Waals surface area contributed by atoms with Gasteiger partial charge in [-0.25, -0.2) is 0 Å². The largest absolute Gasteiger partial charge is 0.335 e. The number of rotatable bonds is 6. The molecule has 128 valence electrons. The number of likely N-dealkylation sites (tertiary alicyclic amines) is 1. The number of hydrogen-bond donors (Lipinski definition) is 0. The minimum absolute atomic E-state index is 0.169. The van der Waals surface area contributed by atoms with Gasteiger partial charge in [0.15, 0.2) is 0 Å². The summed E-state index contributed by atoms with van der Waals surface area (Å²) in [6, 6.07) is 8.24. The summed E-state index contributed by atoms with van der Waals surface area (Å²) in [5.41, 5.74) is 1.87. The number of carbonyl (C=O) groups excluding carboxylic acids is 1. The van der Waals surface area contributed by atoms with Crippen LogP contribution in [0.3, 0.4) is 0 Å². The van der Waals surface area contributed by atoms with Crippen molar-refractivity contribution in [3.8, 4) is 0 Å². The Morgan fingerprint density at radius 1 is 1.33 bits per heavy atom. The van der Waals surface area contributed by atoms with E-state index in [0.29, 0.717) is 6.04 Å². The zero-order chi connectivity index (χ0) is 16.8. The zero-order valence-corrected chi connectivity index (χ0v) is 15.0. The molecule has 1 aliphatic heterocycles. The van der Waals surface area contributed by atoms with Crippen molar-refractivity contribution in [3.05, 3.63) is 52.5 Å². The van der Waals surface area contributed by atoms with Crippen LogP contribution in [0.15, 0.2) is 41.2 Å². The monoisotopic (exact) mass is 343 g/mol. The molecule has 0 bridgehead atoms. The highest BCUT2D eigenvalue weighted by atomic mass is 32.1. The molecule has 0 atom stereocenters. The average molecular weight is 343 g/mol. The van der Waals surface area contributed by atoms with Crippen LogP contribution in [-0.2, 0) is 6.42 Å². The Morgan fingerprint density at radius 2 is 2.17 bits per heavy atom. The standard InChI is InChI=1S/C19H25N3OS/c1-2-21-11-7-18(8-12-21)22(19(23)16-9-14-24-15-16)13-6-17-5-3-4-10-20-17/h3-5,9-10,14-15,18H,2,6-8,11-13H2,1H3. The number of pyridine rings is 1. The number of carbonyl (C=O) groups is 1. The predicted octanol–water partition coefficient (Wildman–Crippen LogP) is 3.31. The maximum Gasteiger partial charge on any atom is 0.254 e. The van der Waals surface area contributed by atoms with E-state index >= 15 is 0 Å². The summed E-state index contributed by atoms with van der Waals surface area (Å²) in [7, 11) is 0. The molecule has 1 aliphatic rings. The lowest BCUT2D eigenvalue weighted by Gasteiger charge is -2.38. The SMILES string of the molecule is CCN1CCC(N(CCc2ccccn2)C(=O)c2ccsc2)CC1. The van der Waals surface area contributed by atoms with Crippen molar-refractivity contribution in [2.45, 2.75) is 32.2 Å². The Balaban J connectivity index is 1.70. The molecule has 1 saturated heterocycles. The second kappa shape index (κ2) is 8.40. The molecule has 0 aliphatic carbocycles. The van der Waals surface area contributed by atoms with Gasteiger partial charge in [-0.3, -0.25) is 9.78 Å². The third kappa shape index (κ3) is 4.22. The van der Waals surface area contributed by atoms with Crippen molar-refractivity contribution in [3.63, 3.8) is 0 Å². The molecule has 0 N–H and O–H groups in total. The number of aromatic nitrogens is 1. The third-order valence-corrected chi connectivity index (χ3v) is 5.49. The summed E-state index contributed by atoms with van der Waals surface area (Å²) in [4.78, 5) is 21.9. The van der Waals surface area contributed by atoms with Crippen LogP contribution in [0.25, 0.3) is 0 Å². The van der Waals surface area contributed by atoms with E-state index < -0.39 is 0 Å². The Bertz CT molecular complexity index is 621. The molecule has 4 nitrogen and oxygen atoms in total. The van der Waals surface area contributed by atoms with E-state index in [2.05, 4.69) is 21.7 Å². The molecule has 1 amide bonds. The van der Waals surface area contributed by atoms with Crippen LogP contribution >= 0.6 is 11.3 Å². The predicted molar refractivity (Wildman–Crippen MR) is 98.4 cm³/mol. The van der Waals surface area contributed by atoms with Gasteiger partial charge in [-0.15, -0.1) is 0 Å². The van der Waals surface area contributed by atoms with Gasteiger partial charge >= 0.3 is 0 Å². The number of hydrogen-bond acceptors (Lipinski definition) is 4. The van der Waals surface area contributed by atoms with E-state index in [1.54, 1.807) is 11.3 Å². The molecule has 3 heterocycles. The first kappa shape index (κ1) is 17.1. The molecule has 2 aromatic rings. The second-order valence-electron chi connectivity index (χ2n) is 6.25. The van der Waals surface area contributed by atoms with Crippen LogP contribution < -0.4 is 0 Å². The number of piperidine rings is 1. The Kier molecular flexibility index (Phi) is 5.99. The zero-order valence-electron chi connectivity index (χ0n) is 14.2. The fourth-order valence-electron chi connectivity index (χ4n) is 3.33. The molecule has 0 unspecified atom stereocenters. The van der Waals surface area contributed by atoms with Gasteiger partial charge in [-0.2, -0.15) is 11.3 Å². The average Bonchev–Trinajstić information content (AvgIpc) is 3.18. The molecular formula is C19H25N3OS. The molecular weight excluding hydrogens is 318 g/mol. The minimum atomic E-state index is 0.169. The van der Waals surface area contributed by atoms with Crippen LogP contribution in [0.1, 0.15) is 35.8 Å². The summed E-state index contributed by atoms with van der Waals surface area (Å²) >= 11 is 1.58. The maximum absolute atomic E-state index is 13.0. The molecule has 24 heavy (non-hydrogen) atoms. The summed E-state index contributed by atoms with van der Waals surface area (Å²) < 4.78 is 0. The molecule has 0 spiro atoms. The van der Waals surface area contributed by atoms with Gasteiger partial charge in [0, 0.05) is 49.4 Å². The summed E-state index contributed by atoms with van der Waals surface area (Å²) in [6.45, 7) is 6.20. The first-order valence-electron chi connectivity index (χ1n) is 8.73. The van der Waals surface area contributed by atoms with Crippen LogP contribution in [0.5, 0.6) is 0 Å². The van der Waals surface area contributed by atoms with Gasteiger partial charge in [-0.05, 0) is 43.0 Å². The first-order chi connectivity index (χ1) is 11.8. The van der Waals surface area contributed by atoms with E-state index in [4.69, 9.17) is 0 Å². The third-order valence-electron chi connectivity index (χ3n) is 4.81. The normalized spacial score (nSPS) is 16.2. The first-order valence-corrected chi connectivity index (χ1v) is 9.67. The molecule has 0 radical (unpaired) electrons. The lowest BCUT2D eigenvalue weighted by Crippen LogP contribution is -2.48. The van der Waals surface area contributed by atoms with Gasteiger partial charge in [0.05, 0.1) is 5.56 Å². The topological polar surface area (TPSA) is 36.4 Å². The number of amides is 1. The van der Waals surface area contributed by atoms with Crippen molar-refractivity contribution >= 4 is 17.2 Å². The van der Waals surface area contributed by atoms with E-state index in [9.17, 15) is 4.79 Å².